The van der Waals surface area contributed by atoms with Gasteiger partial charge in [0, 0.05) is 25.6 Å². The lowest BCUT2D eigenvalue weighted by molar-refractivity contribution is -0.152. The van der Waals surface area contributed by atoms with E-state index in [2.05, 4.69) is 0 Å². The van der Waals surface area contributed by atoms with Gasteiger partial charge >= 0.3 is 12.1 Å². The van der Waals surface area contributed by atoms with Gasteiger partial charge < -0.3 is 28.4 Å². The summed E-state index contributed by atoms with van der Waals surface area (Å²) in [4.78, 5) is 32.0. The predicted octanol–water partition coefficient (Wildman–Crippen LogP) is 4.58. The summed E-state index contributed by atoms with van der Waals surface area (Å²) in [5, 5.41) is 0.559. The number of hydrogen-bond acceptors (Lipinski definition) is 10. The van der Waals surface area contributed by atoms with Crippen LogP contribution < -0.4 is 14.4 Å². The molecule has 1 aliphatic rings. The number of hydrogen-bond donors (Lipinski definition) is 0. The number of methoxy groups -OCH3 is 1. The summed E-state index contributed by atoms with van der Waals surface area (Å²) in [6, 6.07) is 14.5. The summed E-state index contributed by atoms with van der Waals surface area (Å²) in [5.74, 6) is 0.569. The summed E-state index contributed by atoms with van der Waals surface area (Å²) < 4.78 is 33.2. The molecule has 40 heavy (non-hydrogen) atoms. The number of anilines is 1. The molecule has 0 aliphatic carbocycles. The van der Waals surface area contributed by atoms with Gasteiger partial charge in [-0.3, -0.25) is 9.89 Å². The van der Waals surface area contributed by atoms with E-state index in [-0.39, 0.29) is 18.5 Å². The van der Waals surface area contributed by atoms with Crippen LogP contribution >= 0.6 is 11.8 Å². The molecular weight excluding hydrogens is 536 g/mol. The fourth-order valence-corrected chi connectivity index (χ4v) is 4.75. The number of amides is 1. The zero-order chi connectivity index (χ0) is 29.0. The van der Waals surface area contributed by atoms with Gasteiger partial charge in [0.2, 0.25) is 0 Å². The van der Waals surface area contributed by atoms with E-state index in [1.807, 2.05) is 30.3 Å². The van der Waals surface area contributed by atoms with Crippen molar-refractivity contribution in [1.29, 1.82) is 0 Å². The SMILES string of the molecule is COCCOCCOCCOc1cccc(C2=N[C@@](C)(C(=O)OC(C)C)CS2)c1OC(=O)N(C)c1ccccc1. The monoisotopic (exact) mass is 574 g/mol. The first-order valence-corrected chi connectivity index (χ1v) is 14.1. The van der Waals surface area contributed by atoms with Crippen LogP contribution in [0.25, 0.3) is 0 Å². The van der Waals surface area contributed by atoms with Crippen molar-refractivity contribution in [3.8, 4) is 11.5 Å². The van der Waals surface area contributed by atoms with E-state index in [0.717, 1.165) is 0 Å². The van der Waals surface area contributed by atoms with Crippen LogP contribution in [0.15, 0.2) is 53.5 Å². The number of nitrogens with zero attached hydrogens (tertiary/aromatic N) is 2. The molecule has 1 heterocycles. The Morgan fingerprint density at radius 1 is 0.975 bits per heavy atom. The molecule has 0 radical (unpaired) electrons. The van der Waals surface area contributed by atoms with Crippen LogP contribution in [0.1, 0.15) is 26.3 Å². The number of carbonyl (C=O) groups excluding carboxylic acids is 2. The van der Waals surface area contributed by atoms with Crippen molar-refractivity contribution >= 4 is 34.6 Å². The first-order valence-electron chi connectivity index (χ1n) is 13.1. The molecule has 10 nitrogen and oxygen atoms in total. The molecule has 11 heteroatoms. The Hall–Kier alpha value is -3.12. The molecule has 0 unspecified atom stereocenters. The molecule has 1 aliphatic heterocycles. The smallest absolute Gasteiger partial charge is 0.419 e. The van der Waals surface area contributed by atoms with Gasteiger partial charge in [0.05, 0.1) is 44.7 Å². The number of aliphatic imine (C=N–C) groups is 1. The molecule has 0 saturated carbocycles. The highest BCUT2D eigenvalue weighted by Crippen LogP contribution is 2.39. The Balaban J connectivity index is 1.78. The van der Waals surface area contributed by atoms with E-state index in [1.54, 1.807) is 53.1 Å². The highest BCUT2D eigenvalue weighted by Gasteiger charge is 2.41. The normalized spacial score (nSPS) is 16.5. The standard InChI is InChI=1S/C29H38N2O8S/c1-21(2)38-27(32)29(3)20-40-26(30-29)23-12-9-13-24(37-19-18-36-17-16-35-15-14-34-5)25(23)39-28(33)31(4)22-10-7-6-8-11-22/h6-13,21H,14-20H2,1-5H3/t29-/m1/s1. The minimum atomic E-state index is -1.05. The van der Waals surface area contributed by atoms with Crippen LogP contribution in [0, 0.1) is 0 Å². The Labute approximate surface area is 239 Å². The van der Waals surface area contributed by atoms with E-state index < -0.39 is 17.6 Å². The lowest BCUT2D eigenvalue weighted by Crippen LogP contribution is -2.37. The molecule has 3 rings (SSSR count). The summed E-state index contributed by atoms with van der Waals surface area (Å²) in [5.41, 5.74) is 0.165. The second kappa shape index (κ2) is 15.6. The molecule has 0 N–H and O–H groups in total. The summed E-state index contributed by atoms with van der Waals surface area (Å²) >= 11 is 1.40. The number of benzene rings is 2. The van der Waals surface area contributed by atoms with Crippen molar-refractivity contribution < 1.29 is 38.0 Å². The van der Waals surface area contributed by atoms with Gasteiger partial charge in [0.15, 0.2) is 17.0 Å². The molecule has 1 amide bonds. The van der Waals surface area contributed by atoms with Gasteiger partial charge in [0.25, 0.3) is 0 Å². The van der Waals surface area contributed by atoms with Crippen molar-refractivity contribution in [3.05, 3.63) is 54.1 Å². The number of ether oxygens (including phenoxy) is 6. The first-order chi connectivity index (χ1) is 19.2. The molecule has 2 aromatic rings. The lowest BCUT2D eigenvalue weighted by Gasteiger charge is -2.20. The molecular formula is C29H38N2O8S. The number of thioether (sulfide) groups is 1. The highest BCUT2D eigenvalue weighted by molar-refractivity contribution is 8.14. The molecule has 1 atom stereocenters. The number of para-hydroxylation sites is 2. The molecule has 2 aromatic carbocycles. The zero-order valence-electron chi connectivity index (χ0n) is 23.7. The summed E-state index contributed by atoms with van der Waals surface area (Å²) in [6.07, 6.45) is -0.854. The van der Waals surface area contributed by atoms with E-state index in [9.17, 15) is 9.59 Å². The Morgan fingerprint density at radius 3 is 2.33 bits per heavy atom. The maximum absolute atomic E-state index is 13.2. The third-order valence-corrected chi connectivity index (χ3v) is 7.02. The fraction of sp³-hybridized carbons (Fsp3) is 0.483. The number of carbonyl (C=O) groups is 2. The van der Waals surface area contributed by atoms with Gasteiger partial charge in [-0.25, -0.2) is 9.59 Å². The minimum Gasteiger partial charge on any atom is -0.487 e. The van der Waals surface area contributed by atoms with Crippen LogP contribution in [0.3, 0.4) is 0 Å². The minimum absolute atomic E-state index is 0.214. The average Bonchev–Trinajstić information content (AvgIpc) is 3.35. The lowest BCUT2D eigenvalue weighted by atomic mass is 10.1. The highest BCUT2D eigenvalue weighted by atomic mass is 32.2. The second-order valence-corrected chi connectivity index (χ2v) is 10.4. The third kappa shape index (κ3) is 8.95. The van der Waals surface area contributed by atoms with Crippen molar-refractivity contribution in [1.82, 2.24) is 0 Å². The van der Waals surface area contributed by atoms with Gasteiger partial charge in [-0.2, -0.15) is 0 Å². The maximum atomic E-state index is 13.2. The number of esters is 1. The van der Waals surface area contributed by atoms with Gasteiger partial charge in [0.1, 0.15) is 11.7 Å². The molecule has 0 fully saturated rings. The van der Waals surface area contributed by atoms with E-state index >= 15 is 0 Å². The van der Waals surface area contributed by atoms with Gasteiger partial charge in [-0.1, -0.05) is 24.3 Å². The summed E-state index contributed by atoms with van der Waals surface area (Å²) in [7, 11) is 3.25. The maximum Gasteiger partial charge on any atom is 0.419 e. The van der Waals surface area contributed by atoms with Crippen LogP contribution in [0.4, 0.5) is 10.5 Å². The quantitative estimate of drug-likeness (QED) is 0.223. The van der Waals surface area contributed by atoms with Crippen molar-refractivity contribution in [2.24, 2.45) is 4.99 Å². The van der Waals surface area contributed by atoms with Crippen molar-refractivity contribution in [3.63, 3.8) is 0 Å². The molecule has 0 saturated heterocycles. The topological polar surface area (TPSA) is 105 Å². The van der Waals surface area contributed by atoms with E-state index in [4.69, 9.17) is 33.4 Å². The molecule has 0 spiro atoms. The van der Waals surface area contributed by atoms with Crippen LogP contribution in [0.5, 0.6) is 11.5 Å². The Morgan fingerprint density at radius 2 is 1.65 bits per heavy atom. The summed E-state index contributed by atoms with van der Waals surface area (Å²) in [6.45, 7) is 7.76. The second-order valence-electron chi connectivity index (χ2n) is 9.39. The van der Waals surface area contributed by atoms with Crippen LogP contribution in [0.2, 0.25) is 0 Å². The Bertz CT molecular complexity index is 1140. The molecule has 0 bridgehead atoms. The van der Waals surface area contributed by atoms with E-state index in [1.165, 1.54) is 16.7 Å². The van der Waals surface area contributed by atoms with Crippen molar-refractivity contribution in [2.75, 3.05) is 64.5 Å². The zero-order valence-corrected chi connectivity index (χ0v) is 24.5. The molecule has 0 aromatic heterocycles. The largest absolute Gasteiger partial charge is 0.487 e. The fourth-order valence-electron chi connectivity index (χ4n) is 3.57. The van der Waals surface area contributed by atoms with Crippen molar-refractivity contribution in [2.45, 2.75) is 32.4 Å². The predicted molar refractivity (Wildman–Crippen MR) is 155 cm³/mol. The van der Waals surface area contributed by atoms with Gasteiger partial charge in [-0.05, 0) is 45.0 Å². The average molecular weight is 575 g/mol. The van der Waals surface area contributed by atoms with Crippen LogP contribution in [-0.2, 0) is 23.7 Å². The van der Waals surface area contributed by atoms with E-state index in [0.29, 0.717) is 60.8 Å². The van der Waals surface area contributed by atoms with Crippen LogP contribution in [-0.4, -0.2) is 88.3 Å². The third-order valence-electron chi connectivity index (χ3n) is 5.73. The first kappa shape index (κ1) is 31.4. The number of rotatable bonds is 15. The molecule has 218 valence electrons. The van der Waals surface area contributed by atoms with Gasteiger partial charge in [-0.15, -0.1) is 11.8 Å². The Kier molecular flexibility index (Phi) is 12.3.